The number of likely N-dealkylation sites (N-methyl/N-ethyl adjacent to an activating group) is 1. The zero-order chi connectivity index (χ0) is 62.1. The fourth-order valence-electron chi connectivity index (χ4n) is 11.0. The first-order valence-electron chi connectivity index (χ1n) is 36.9. The van der Waals surface area contributed by atoms with Crippen molar-refractivity contribution in [2.45, 2.75) is 380 Å². The van der Waals surface area contributed by atoms with E-state index in [9.17, 15) is 19.0 Å². The van der Waals surface area contributed by atoms with Gasteiger partial charge < -0.3 is 28.5 Å². The summed E-state index contributed by atoms with van der Waals surface area (Å²) in [6.45, 7) is 6.86. The molecule has 85 heavy (non-hydrogen) atoms. The number of phosphoric acid groups is 1. The molecule has 0 aliphatic rings. The van der Waals surface area contributed by atoms with Crippen molar-refractivity contribution in [3.05, 3.63) is 48.6 Å². The number of amides is 1. The SMILES string of the molecule is CCCCC/C=C\C/C=C\CCCCCCCCCCCCCCCC(=O)NC(COP(=O)([O-])OCC[N+](C)(C)C)C(/C=C/CCCCCCCCCCC)OC(=O)CCCCCCCCCCCCCCCCC/C=C/CCCCCCCC. The summed E-state index contributed by atoms with van der Waals surface area (Å²) < 4.78 is 30.5. The molecule has 3 atom stereocenters. The molecular formula is C75H143N2O7P. The molecule has 0 radical (unpaired) electrons. The first-order valence-corrected chi connectivity index (χ1v) is 38.4. The van der Waals surface area contributed by atoms with Crippen LogP contribution < -0.4 is 10.2 Å². The van der Waals surface area contributed by atoms with E-state index in [4.69, 9.17) is 13.8 Å². The molecule has 3 unspecified atom stereocenters. The molecule has 0 saturated heterocycles. The third kappa shape index (κ3) is 66.2. The van der Waals surface area contributed by atoms with Crippen LogP contribution in [0.3, 0.4) is 0 Å². The zero-order valence-corrected chi connectivity index (χ0v) is 58.2. The van der Waals surface area contributed by atoms with E-state index in [1.807, 2.05) is 33.3 Å². The zero-order valence-electron chi connectivity index (χ0n) is 57.3. The monoisotopic (exact) mass is 1220 g/mol. The Morgan fingerprint density at radius 2 is 0.718 bits per heavy atom. The largest absolute Gasteiger partial charge is 0.756 e. The predicted octanol–water partition coefficient (Wildman–Crippen LogP) is 22.9. The molecule has 0 rings (SSSR count). The van der Waals surface area contributed by atoms with Crippen LogP contribution in [-0.2, 0) is 27.9 Å². The summed E-state index contributed by atoms with van der Waals surface area (Å²) in [5.74, 6) is -0.525. The van der Waals surface area contributed by atoms with Gasteiger partial charge in [0.05, 0.1) is 33.8 Å². The van der Waals surface area contributed by atoms with Gasteiger partial charge in [0.25, 0.3) is 7.82 Å². The Hall–Kier alpha value is -2.03. The van der Waals surface area contributed by atoms with E-state index in [0.29, 0.717) is 17.4 Å². The molecule has 0 aromatic rings. The number of phosphoric ester groups is 1. The minimum absolute atomic E-state index is 0.0207. The minimum Gasteiger partial charge on any atom is -0.756 e. The maximum absolute atomic E-state index is 13.6. The molecule has 0 aliphatic carbocycles. The number of nitrogens with zero attached hydrogens (tertiary/aromatic N) is 1. The van der Waals surface area contributed by atoms with E-state index in [0.717, 1.165) is 64.2 Å². The van der Waals surface area contributed by atoms with E-state index in [2.05, 4.69) is 62.5 Å². The Kier molecular flexibility index (Phi) is 63.4. The fourth-order valence-corrected chi connectivity index (χ4v) is 11.7. The third-order valence-corrected chi connectivity index (χ3v) is 17.7. The molecule has 0 spiro atoms. The van der Waals surface area contributed by atoms with Crippen LogP contribution in [0.5, 0.6) is 0 Å². The van der Waals surface area contributed by atoms with Crippen molar-refractivity contribution in [1.29, 1.82) is 0 Å². The van der Waals surface area contributed by atoms with Crippen molar-refractivity contribution < 1.29 is 37.3 Å². The lowest BCUT2D eigenvalue weighted by molar-refractivity contribution is -0.870. The predicted molar refractivity (Wildman–Crippen MR) is 367 cm³/mol. The van der Waals surface area contributed by atoms with Gasteiger partial charge in [0.15, 0.2) is 0 Å². The number of hydrogen-bond donors (Lipinski definition) is 1. The molecule has 1 N–H and O–H groups in total. The number of carbonyl (C=O) groups excluding carboxylic acids is 2. The van der Waals surface area contributed by atoms with Gasteiger partial charge in [-0.1, -0.05) is 314 Å². The smallest absolute Gasteiger partial charge is 0.306 e. The van der Waals surface area contributed by atoms with E-state index in [1.165, 1.54) is 270 Å². The standard InChI is InChI=1S/C75H143N2O7P/c1-7-10-13-16-19-22-25-27-29-31-33-35-37-38-40-42-44-46-48-50-53-56-59-62-65-68-75(79)84-73(66-63-60-57-54-51-24-21-18-15-12-9-3)72(71-83-85(80,81)82-70-69-77(4,5)6)76-74(78)67-64-61-58-55-52-49-47-45-43-41-39-36-34-32-30-28-26-23-20-17-14-11-8-2/h20,23,27-30,63,66,72-73H,7-19,21-22,24-26,31-62,64-65,67-71H2,1-6H3,(H-,76,78,80,81)/b23-20-,29-27+,30-28-,66-63+. The van der Waals surface area contributed by atoms with Crippen LogP contribution in [0.2, 0.25) is 0 Å². The van der Waals surface area contributed by atoms with Gasteiger partial charge in [-0.25, -0.2) is 0 Å². The van der Waals surface area contributed by atoms with Crippen molar-refractivity contribution in [3.63, 3.8) is 0 Å². The highest BCUT2D eigenvalue weighted by Crippen LogP contribution is 2.38. The maximum atomic E-state index is 13.6. The Balaban J connectivity index is 4.95. The van der Waals surface area contributed by atoms with E-state index < -0.39 is 20.0 Å². The van der Waals surface area contributed by atoms with Gasteiger partial charge in [-0.05, 0) is 89.5 Å². The molecule has 0 heterocycles. The van der Waals surface area contributed by atoms with Gasteiger partial charge in [-0.15, -0.1) is 0 Å². The summed E-state index contributed by atoms with van der Waals surface area (Å²) in [5, 5.41) is 3.05. The van der Waals surface area contributed by atoms with Gasteiger partial charge in [-0.3, -0.25) is 14.2 Å². The number of ether oxygens (including phenoxy) is 1. The van der Waals surface area contributed by atoms with Gasteiger partial charge >= 0.3 is 5.97 Å². The van der Waals surface area contributed by atoms with Crippen LogP contribution in [0.15, 0.2) is 48.6 Å². The topological polar surface area (TPSA) is 114 Å². The number of esters is 1. The Bertz CT molecular complexity index is 1590. The lowest BCUT2D eigenvalue weighted by atomic mass is 10.0. The molecule has 0 fully saturated rings. The number of hydrogen-bond acceptors (Lipinski definition) is 7. The van der Waals surface area contributed by atoms with Crippen LogP contribution >= 0.6 is 7.82 Å². The summed E-state index contributed by atoms with van der Waals surface area (Å²) in [5.41, 5.74) is 0. The van der Waals surface area contributed by atoms with Gasteiger partial charge in [0.2, 0.25) is 5.91 Å². The van der Waals surface area contributed by atoms with E-state index >= 15 is 0 Å². The second-order valence-electron chi connectivity index (χ2n) is 26.4. The summed E-state index contributed by atoms with van der Waals surface area (Å²) in [7, 11) is 1.20. The Morgan fingerprint density at radius 1 is 0.412 bits per heavy atom. The number of nitrogens with one attached hydrogen (secondary N) is 1. The Labute approximate surface area is 529 Å². The minimum atomic E-state index is -4.70. The molecular weight excluding hydrogens is 1070 g/mol. The van der Waals surface area contributed by atoms with Crippen LogP contribution in [-0.4, -0.2) is 69.4 Å². The van der Waals surface area contributed by atoms with Gasteiger partial charge in [-0.2, -0.15) is 0 Å². The maximum Gasteiger partial charge on any atom is 0.306 e. The fraction of sp³-hybridized carbons (Fsp3) is 0.867. The molecule has 500 valence electrons. The highest BCUT2D eigenvalue weighted by atomic mass is 31.2. The van der Waals surface area contributed by atoms with Crippen LogP contribution in [0, 0.1) is 0 Å². The molecule has 0 bridgehead atoms. The van der Waals surface area contributed by atoms with Gasteiger partial charge in [0, 0.05) is 12.8 Å². The average molecular weight is 1220 g/mol. The number of rotatable bonds is 68. The number of allylic oxidation sites excluding steroid dienone is 7. The number of quaternary nitrogens is 1. The summed E-state index contributed by atoms with van der Waals surface area (Å²) in [6, 6.07) is -0.887. The normalized spacial score (nSPS) is 13.7. The van der Waals surface area contributed by atoms with Crippen molar-refractivity contribution in [2.75, 3.05) is 40.9 Å². The highest BCUT2D eigenvalue weighted by molar-refractivity contribution is 7.45. The molecule has 0 aromatic carbocycles. The second kappa shape index (κ2) is 64.9. The highest BCUT2D eigenvalue weighted by Gasteiger charge is 2.27. The lowest BCUT2D eigenvalue weighted by Crippen LogP contribution is -2.47. The molecule has 10 heteroatoms. The van der Waals surface area contributed by atoms with Gasteiger partial charge in [0.1, 0.15) is 19.3 Å². The van der Waals surface area contributed by atoms with Crippen molar-refractivity contribution in [2.24, 2.45) is 0 Å². The first kappa shape index (κ1) is 83.0. The molecule has 0 saturated carbocycles. The van der Waals surface area contributed by atoms with E-state index in [-0.39, 0.29) is 31.5 Å². The van der Waals surface area contributed by atoms with Crippen LogP contribution in [0.1, 0.15) is 367 Å². The Morgan fingerprint density at radius 3 is 1.09 bits per heavy atom. The van der Waals surface area contributed by atoms with Crippen molar-refractivity contribution in [1.82, 2.24) is 5.32 Å². The quantitative estimate of drug-likeness (QED) is 0.0212. The number of unbranched alkanes of at least 4 members (excludes halogenated alkanes) is 46. The molecule has 1 amide bonds. The first-order chi connectivity index (χ1) is 41.4. The molecule has 9 nitrogen and oxygen atoms in total. The summed E-state index contributed by atoms with van der Waals surface area (Å²) in [6.07, 6.45) is 82.4. The number of carbonyl (C=O) groups is 2. The average Bonchev–Trinajstić information content (AvgIpc) is 3.62. The summed E-state index contributed by atoms with van der Waals surface area (Å²) in [4.78, 5) is 40.2. The second-order valence-corrected chi connectivity index (χ2v) is 27.9. The molecule has 0 aliphatic heterocycles. The third-order valence-electron chi connectivity index (χ3n) is 16.7. The van der Waals surface area contributed by atoms with Crippen molar-refractivity contribution >= 4 is 19.7 Å². The van der Waals surface area contributed by atoms with Crippen LogP contribution in [0.4, 0.5) is 0 Å². The van der Waals surface area contributed by atoms with Crippen molar-refractivity contribution in [3.8, 4) is 0 Å². The summed E-state index contributed by atoms with van der Waals surface area (Å²) >= 11 is 0. The lowest BCUT2D eigenvalue weighted by Gasteiger charge is -2.30. The molecule has 0 aromatic heterocycles. The van der Waals surface area contributed by atoms with Crippen LogP contribution in [0.25, 0.3) is 0 Å². The van der Waals surface area contributed by atoms with E-state index in [1.54, 1.807) is 0 Å².